The first-order valence-corrected chi connectivity index (χ1v) is 5.72. The summed E-state index contributed by atoms with van der Waals surface area (Å²) in [5.74, 6) is 0. The van der Waals surface area contributed by atoms with Crippen LogP contribution in [0.2, 0.25) is 0 Å². The van der Waals surface area contributed by atoms with E-state index in [2.05, 4.69) is 13.5 Å². The van der Waals surface area contributed by atoms with E-state index in [4.69, 9.17) is 9.47 Å². The van der Waals surface area contributed by atoms with E-state index in [0.717, 1.165) is 32.7 Å². The second-order valence-electron chi connectivity index (χ2n) is 3.42. The Kier molecular flexibility index (Phi) is 12.1. The van der Waals surface area contributed by atoms with E-state index < -0.39 is 0 Å². The lowest BCUT2D eigenvalue weighted by molar-refractivity contribution is 0.120. The molecule has 0 spiro atoms. The van der Waals surface area contributed by atoms with E-state index in [1.807, 2.05) is 0 Å². The first-order chi connectivity index (χ1) is 6.91. The van der Waals surface area contributed by atoms with Gasteiger partial charge in [0.25, 0.3) is 0 Å². The Bertz CT molecular complexity index is 113. The summed E-state index contributed by atoms with van der Waals surface area (Å²) in [5.41, 5.74) is 0. The normalized spacial score (nSPS) is 10.1. The molecule has 2 nitrogen and oxygen atoms in total. The van der Waals surface area contributed by atoms with E-state index in [9.17, 15) is 0 Å². The van der Waals surface area contributed by atoms with Crippen molar-refractivity contribution < 1.29 is 9.47 Å². The van der Waals surface area contributed by atoms with Gasteiger partial charge in [-0.2, -0.15) is 0 Å². The predicted molar refractivity (Wildman–Crippen MR) is 60.3 cm³/mol. The van der Waals surface area contributed by atoms with E-state index >= 15 is 0 Å². The monoisotopic (exact) mass is 200 g/mol. The third-order valence-corrected chi connectivity index (χ3v) is 2.06. The molecule has 0 rings (SSSR count). The van der Waals surface area contributed by atoms with Gasteiger partial charge in [-0.25, -0.2) is 0 Å². The fraction of sp³-hybridized carbons (Fsp3) is 0.833. The Morgan fingerprint density at radius 3 is 2.21 bits per heavy atom. The van der Waals surface area contributed by atoms with Crippen LogP contribution < -0.4 is 0 Å². The molecule has 2 heteroatoms. The Labute approximate surface area is 88.3 Å². The number of hydrogen-bond acceptors (Lipinski definition) is 2. The highest BCUT2D eigenvalue weighted by Gasteiger charge is 1.90. The van der Waals surface area contributed by atoms with Crippen LogP contribution in [0.1, 0.15) is 45.4 Å². The van der Waals surface area contributed by atoms with Crippen molar-refractivity contribution in [3.63, 3.8) is 0 Å². The summed E-state index contributed by atoms with van der Waals surface area (Å²) >= 11 is 0. The quantitative estimate of drug-likeness (QED) is 0.375. The van der Waals surface area contributed by atoms with Crippen molar-refractivity contribution in [2.24, 2.45) is 0 Å². The summed E-state index contributed by atoms with van der Waals surface area (Å²) in [6.07, 6.45) is 8.76. The largest absolute Gasteiger partial charge is 0.502 e. The van der Waals surface area contributed by atoms with Crippen molar-refractivity contribution in [3.05, 3.63) is 12.8 Å². The zero-order chi connectivity index (χ0) is 10.5. The average Bonchev–Trinajstić information content (AvgIpc) is 2.21. The van der Waals surface area contributed by atoms with Crippen molar-refractivity contribution in [1.82, 2.24) is 0 Å². The highest BCUT2D eigenvalue weighted by Crippen LogP contribution is 1.99. The minimum absolute atomic E-state index is 0.767. The van der Waals surface area contributed by atoms with Crippen LogP contribution in [0.15, 0.2) is 12.8 Å². The highest BCUT2D eigenvalue weighted by molar-refractivity contribution is 4.49. The van der Waals surface area contributed by atoms with E-state index in [-0.39, 0.29) is 0 Å². The third-order valence-electron chi connectivity index (χ3n) is 2.06. The Morgan fingerprint density at radius 2 is 1.57 bits per heavy atom. The minimum atomic E-state index is 0.767. The molecule has 0 aromatic carbocycles. The van der Waals surface area contributed by atoms with Crippen molar-refractivity contribution in [2.45, 2.75) is 45.4 Å². The van der Waals surface area contributed by atoms with Crippen LogP contribution in [-0.2, 0) is 9.47 Å². The zero-order valence-corrected chi connectivity index (χ0v) is 9.46. The molecule has 0 heterocycles. The Balaban J connectivity index is 2.81. The fourth-order valence-corrected chi connectivity index (χ4v) is 1.21. The fourth-order valence-electron chi connectivity index (χ4n) is 1.21. The van der Waals surface area contributed by atoms with Gasteiger partial charge in [-0.1, -0.05) is 32.8 Å². The van der Waals surface area contributed by atoms with Gasteiger partial charge in [-0.15, -0.1) is 0 Å². The summed E-state index contributed by atoms with van der Waals surface area (Å²) in [5, 5.41) is 0. The SMILES string of the molecule is C=COCCCCOCCCCCC. The van der Waals surface area contributed by atoms with Gasteiger partial charge in [-0.05, 0) is 19.3 Å². The van der Waals surface area contributed by atoms with Crippen LogP contribution in [0, 0.1) is 0 Å². The average molecular weight is 200 g/mol. The molecular weight excluding hydrogens is 176 g/mol. The molecule has 0 aliphatic heterocycles. The van der Waals surface area contributed by atoms with Gasteiger partial charge in [0.2, 0.25) is 0 Å². The van der Waals surface area contributed by atoms with Crippen LogP contribution in [0.3, 0.4) is 0 Å². The van der Waals surface area contributed by atoms with Crippen molar-refractivity contribution >= 4 is 0 Å². The van der Waals surface area contributed by atoms with Crippen LogP contribution in [-0.4, -0.2) is 19.8 Å². The van der Waals surface area contributed by atoms with Crippen molar-refractivity contribution in [3.8, 4) is 0 Å². The topological polar surface area (TPSA) is 18.5 Å². The van der Waals surface area contributed by atoms with Crippen molar-refractivity contribution in [1.29, 1.82) is 0 Å². The second-order valence-corrected chi connectivity index (χ2v) is 3.42. The Morgan fingerprint density at radius 1 is 0.929 bits per heavy atom. The third kappa shape index (κ3) is 11.5. The van der Waals surface area contributed by atoms with Gasteiger partial charge < -0.3 is 9.47 Å². The molecule has 0 aliphatic carbocycles. The second kappa shape index (κ2) is 12.5. The molecule has 0 aromatic heterocycles. The van der Waals surface area contributed by atoms with Crippen LogP contribution in [0.25, 0.3) is 0 Å². The van der Waals surface area contributed by atoms with Crippen LogP contribution >= 0.6 is 0 Å². The Hall–Kier alpha value is -0.500. The molecule has 0 aliphatic rings. The van der Waals surface area contributed by atoms with E-state index in [0.29, 0.717) is 0 Å². The first kappa shape index (κ1) is 13.5. The summed E-state index contributed by atoms with van der Waals surface area (Å²) in [6, 6.07) is 0. The maximum absolute atomic E-state index is 5.48. The molecule has 0 N–H and O–H groups in total. The highest BCUT2D eigenvalue weighted by atomic mass is 16.5. The zero-order valence-electron chi connectivity index (χ0n) is 9.46. The molecular formula is C12H24O2. The molecule has 0 radical (unpaired) electrons. The van der Waals surface area contributed by atoms with Gasteiger partial charge in [-0.3, -0.25) is 0 Å². The van der Waals surface area contributed by atoms with Crippen LogP contribution in [0.5, 0.6) is 0 Å². The lowest BCUT2D eigenvalue weighted by Crippen LogP contribution is -1.98. The molecule has 84 valence electrons. The summed E-state index contributed by atoms with van der Waals surface area (Å²) in [6.45, 7) is 8.26. The molecule has 0 unspecified atom stereocenters. The lowest BCUT2D eigenvalue weighted by Gasteiger charge is -2.03. The molecule has 0 bridgehead atoms. The molecule has 0 fully saturated rings. The number of unbranched alkanes of at least 4 members (excludes halogenated alkanes) is 4. The lowest BCUT2D eigenvalue weighted by atomic mass is 10.2. The summed E-state index contributed by atoms with van der Waals surface area (Å²) < 4.78 is 10.5. The number of hydrogen-bond donors (Lipinski definition) is 0. The van der Waals surface area contributed by atoms with E-state index in [1.54, 1.807) is 0 Å². The number of ether oxygens (including phenoxy) is 2. The predicted octanol–water partition coefficient (Wildman–Crippen LogP) is 3.52. The van der Waals surface area contributed by atoms with Gasteiger partial charge in [0.1, 0.15) is 0 Å². The summed E-state index contributed by atoms with van der Waals surface area (Å²) in [4.78, 5) is 0. The molecule has 0 amide bonds. The smallest absolute Gasteiger partial charge is 0.0873 e. The number of rotatable bonds is 11. The van der Waals surface area contributed by atoms with Gasteiger partial charge >= 0.3 is 0 Å². The van der Waals surface area contributed by atoms with Gasteiger partial charge in [0.05, 0.1) is 12.9 Å². The van der Waals surface area contributed by atoms with E-state index in [1.165, 1.54) is 31.9 Å². The molecule has 0 aromatic rings. The summed E-state index contributed by atoms with van der Waals surface area (Å²) in [7, 11) is 0. The molecule has 0 atom stereocenters. The molecule has 14 heavy (non-hydrogen) atoms. The molecule has 0 saturated carbocycles. The first-order valence-electron chi connectivity index (χ1n) is 5.72. The van der Waals surface area contributed by atoms with Crippen LogP contribution in [0.4, 0.5) is 0 Å². The maximum Gasteiger partial charge on any atom is 0.0873 e. The standard InChI is InChI=1S/C12H24O2/c1-3-5-6-7-11-14-12-9-8-10-13-4-2/h4H,2-3,5-12H2,1H3. The van der Waals surface area contributed by atoms with Gasteiger partial charge in [0.15, 0.2) is 0 Å². The van der Waals surface area contributed by atoms with Gasteiger partial charge in [0, 0.05) is 13.2 Å². The van der Waals surface area contributed by atoms with Crippen molar-refractivity contribution in [2.75, 3.05) is 19.8 Å². The minimum Gasteiger partial charge on any atom is -0.502 e. The maximum atomic E-state index is 5.48. The molecule has 0 saturated heterocycles.